The highest BCUT2D eigenvalue weighted by Gasteiger charge is 2.38. The molecule has 2 aromatic rings. The highest BCUT2D eigenvalue weighted by molar-refractivity contribution is 5.58. The van der Waals surface area contributed by atoms with Crippen molar-refractivity contribution in [1.82, 2.24) is 4.90 Å². The monoisotopic (exact) mass is 420 g/mol. The highest BCUT2D eigenvalue weighted by Crippen LogP contribution is 2.41. The standard InChI is InChI=1S/C28H40N2O/c1-22(2)12-6-8-17-27(29-20-10-11-21-29)28(31)30-25-16-9-7-15-24(25)18-19-26(30)23-13-4-3-5-14-23/h3-5,7,9,13-16,22,26-28,31H,6,8,10-12,17-21H2,1-2H3. The normalized spacial score (nSPS) is 21.3. The molecular weight excluding hydrogens is 380 g/mol. The summed E-state index contributed by atoms with van der Waals surface area (Å²) in [6.45, 7) is 6.86. The summed E-state index contributed by atoms with van der Waals surface area (Å²) < 4.78 is 0. The molecule has 0 aliphatic carbocycles. The van der Waals surface area contributed by atoms with Crippen molar-refractivity contribution in [1.29, 1.82) is 0 Å². The largest absolute Gasteiger partial charge is 0.372 e. The molecule has 1 saturated heterocycles. The molecule has 168 valence electrons. The van der Waals surface area contributed by atoms with Crippen LogP contribution in [0, 0.1) is 5.92 Å². The van der Waals surface area contributed by atoms with Crippen molar-refractivity contribution in [3.63, 3.8) is 0 Å². The van der Waals surface area contributed by atoms with Gasteiger partial charge in [0.2, 0.25) is 0 Å². The van der Waals surface area contributed by atoms with Crippen LogP contribution in [0.3, 0.4) is 0 Å². The number of hydrogen-bond acceptors (Lipinski definition) is 3. The van der Waals surface area contributed by atoms with Crippen LogP contribution in [0.5, 0.6) is 0 Å². The van der Waals surface area contributed by atoms with Crippen LogP contribution in [-0.2, 0) is 6.42 Å². The fourth-order valence-corrected chi connectivity index (χ4v) is 5.59. The van der Waals surface area contributed by atoms with Crippen molar-refractivity contribution in [2.45, 2.75) is 83.5 Å². The van der Waals surface area contributed by atoms with Crippen molar-refractivity contribution in [2.24, 2.45) is 5.92 Å². The van der Waals surface area contributed by atoms with Crippen molar-refractivity contribution >= 4 is 5.69 Å². The van der Waals surface area contributed by atoms with E-state index in [1.54, 1.807) is 0 Å². The fraction of sp³-hybridized carbons (Fsp3) is 0.571. The molecule has 0 aromatic heterocycles. The van der Waals surface area contributed by atoms with Crippen LogP contribution in [0.2, 0.25) is 0 Å². The lowest BCUT2D eigenvalue weighted by Crippen LogP contribution is -2.53. The molecule has 2 aromatic carbocycles. The number of nitrogens with zero attached hydrogens (tertiary/aromatic N) is 2. The van der Waals surface area contributed by atoms with Crippen LogP contribution in [0.1, 0.15) is 76.0 Å². The number of benzene rings is 2. The molecule has 0 saturated carbocycles. The Morgan fingerprint density at radius 3 is 2.32 bits per heavy atom. The first-order chi connectivity index (χ1) is 15.1. The van der Waals surface area contributed by atoms with Gasteiger partial charge in [0, 0.05) is 5.69 Å². The molecule has 1 N–H and O–H groups in total. The van der Waals surface area contributed by atoms with Crippen LogP contribution in [0.4, 0.5) is 5.69 Å². The van der Waals surface area contributed by atoms with E-state index in [1.807, 2.05) is 0 Å². The zero-order chi connectivity index (χ0) is 21.6. The number of anilines is 1. The Bertz CT molecular complexity index is 800. The molecule has 3 heteroatoms. The zero-order valence-corrected chi connectivity index (χ0v) is 19.4. The Hall–Kier alpha value is -1.84. The van der Waals surface area contributed by atoms with Gasteiger partial charge in [-0.25, -0.2) is 0 Å². The third-order valence-corrected chi connectivity index (χ3v) is 7.25. The number of hydrogen-bond donors (Lipinski definition) is 1. The molecule has 3 unspecified atom stereocenters. The van der Waals surface area contributed by atoms with Crippen molar-refractivity contribution in [3.8, 4) is 0 Å². The lowest BCUT2D eigenvalue weighted by Gasteiger charge is -2.46. The molecular formula is C28H40N2O. The summed E-state index contributed by atoms with van der Waals surface area (Å²) in [5, 5.41) is 12.0. The molecule has 0 spiro atoms. The number of likely N-dealkylation sites (tertiary alicyclic amines) is 1. The van der Waals surface area contributed by atoms with Gasteiger partial charge in [-0.15, -0.1) is 0 Å². The van der Waals surface area contributed by atoms with E-state index >= 15 is 0 Å². The van der Waals surface area contributed by atoms with Crippen molar-refractivity contribution in [3.05, 3.63) is 65.7 Å². The minimum absolute atomic E-state index is 0.201. The van der Waals surface area contributed by atoms with Crippen LogP contribution in [-0.4, -0.2) is 35.4 Å². The Morgan fingerprint density at radius 2 is 1.58 bits per heavy atom. The number of aliphatic hydroxyl groups is 1. The maximum absolute atomic E-state index is 12.0. The van der Waals surface area contributed by atoms with E-state index in [0.29, 0.717) is 0 Å². The van der Waals surface area contributed by atoms with E-state index in [0.717, 1.165) is 38.3 Å². The van der Waals surface area contributed by atoms with Gasteiger partial charge < -0.3 is 10.0 Å². The smallest absolute Gasteiger partial charge is 0.143 e. The molecule has 3 nitrogen and oxygen atoms in total. The van der Waals surface area contributed by atoms with Crippen LogP contribution < -0.4 is 4.90 Å². The molecule has 4 rings (SSSR count). The summed E-state index contributed by atoms with van der Waals surface area (Å²) in [6.07, 6.45) is 8.97. The average Bonchev–Trinajstić information content (AvgIpc) is 3.33. The summed E-state index contributed by atoms with van der Waals surface area (Å²) >= 11 is 0. The first kappa shape index (κ1) is 22.4. The summed E-state index contributed by atoms with van der Waals surface area (Å²) in [7, 11) is 0. The van der Waals surface area contributed by atoms with Gasteiger partial charge in [-0.1, -0.05) is 81.6 Å². The first-order valence-corrected chi connectivity index (χ1v) is 12.5. The van der Waals surface area contributed by atoms with Gasteiger partial charge in [0.1, 0.15) is 6.23 Å². The number of aryl methyl sites for hydroxylation is 1. The maximum atomic E-state index is 12.0. The Morgan fingerprint density at radius 1 is 0.903 bits per heavy atom. The molecule has 2 aliphatic heterocycles. The van der Waals surface area contributed by atoms with Gasteiger partial charge in [0.25, 0.3) is 0 Å². The summed E-state index contributed by atoms with van der Waals surface area (Å²) in [4.78, 5) is 4.93. The minimum Gasteiger partial charge on any atom is -0.372 e. The fourth-order valence-electron chi connectivity index (χ4n) is 5.59. The molecule has 2 aliphatic rings. The topological polar surface area (TPSA) is 26.7 Å². The third-order valence-electron chi connectivity index (χ3n) is 7.25. The van der Waals surface area contributed by atoms with Crippen LogP contribution >= 0.6 is 0 Å². The average molecular weight is 421 g/mol. The van der Waals surface area contributed by atoms with Crippen LogP contribution in [0.15, 0.2) is 54.6 Å². The van der Waals surface area contributed by atoms with Gasteiger partial charge in [-0.05, 0) is 68.3 Å². The zero-order valence-electron chi connectivity index (χ0n) is 19.4. The van der Waals surface area contributed by atoms with Crippen molar-refractivity contribution < 1.29 is 5.11 Å². The third kappa shape index (κ3) is 5.32. The van der Waals surface area contributed by atoms with Gasteiger partial charge in [-0.3, -0.25) is 4.90 Å². The van der Waals surface area contributed by atoms with E-state index in [1.165, 1.54) is 48.9 Å². The van der Waals surface area contributed by atoms with E-state index in [9.17, 15) is 5.11 Å². The summed E-state index contributed by atoms with van der Waals surface area (Å²) in [6, 6.07) is 19.9. The SMILES string of the molecule is CC(C)CCCCC(C(O)N1c2ccccc2CCC1c1ccccc1)N1CCCC1. The van der Waals surface area contributed by atoms with Crippen molar-refractivity contribution in [2.75, 3.05) is 18.0 Å². The van der Waals surface area contributed by atoms with Gasteiger partial charge in [-0.2, -0.15) is 0 Å². The number of rotatable bonds is 9. The molecule has 0 amide bonds. The highest BCUT2D eigenvalue weighted by atomic mass is 16.3. The molecule has 3 atom stereocenters. The van der Waals surface area contributed by atoms with Gasteiger partial charge >= 0.3 is 0 Å². The van der Waals surface area contributed by atoms with E-state index in [2.05, 4.69) is 78.2 Å². The minimum atomic E-state index is -0.483. The Kier molecular flexibility index (Phi) is 7.68. The number of para-hydroxylation sites is 1. The van der Waals surface area contributed by atoms with E-state index in [-0.39, 0.29) is 12.1 Å². The predicted octanol–water partition coefficient (Wildman–Crippen LogP) is 6.18. The maximum Gasteiger partial charge on any atom is 0.143 e. The quantitative estimate of drug-likeness (QED) is 0.491. The Balaban J connectivity index is 1.62. The molecule has 1 fully saturated rings. The van der Waals surface area contributed by atoms with Gasteiger partial charge in [0.05, 0.1) is 12.1 Å². The second-order valence-electron chi connectivity index (χ2n) is 9.90. The van der Waals surface area contributed by atoms with Crippen LogP contribution in [0.25, 0.3) is 0 Å². The van der Waals surface area contributed by atoms with E-state index < -0.39 is 6.23 Å². The number of unbranched alkanes of at least 4 members (excludes halogenated alkanes) is 1. The number of fused-ring (bicyclic) bond motifs is 1. The lowest BCUT2D eigenvalue weighted by molar-refractivity contribution is 0.0446. The number of aliphatic hydroxyl groups excluding tert-OH is 1. The van der Waals surface area contributed by atoms with E-state index in [4.69, 9.17) is 0 Å². The molecule has 2 heterocycles. The molecule has 0 bridgehead atoms. The molecule has 0 radical (unpaired) electrons. The predicted molar refractivity (Wildman–Crippen MR) is 130 cm³/mol. The summed E-state index contributed by atoms with van der Waals surface area (Å²) in [5.74, 6) is 0.756. The van der Waals surface area contributed by atoms with Gasteiger partial charge in [0.15, 0.2) is 0 Å². The lowest BCUT2D eigenvalue weighted by atomic mass is 9.89. The summed E-state index contributed by atoms with van der Waals surface area (Å²) in [5.41, 5.74) is 3.91. The Labute approximate surface area is 189 Å². The second kappa shape index (κ2) is 10.7. The molecule has 31 heavy (non-hydrogen) atoms. The second-order valence-corrected chi connectivity index (χ2v) is 9.90. The first-order valence-electron chi connectivity index (χ1n) is 12.5.